The molecule has 0 aromatic carbocycles. The minimum absolute atomic E-state index is 1.45. The Labute approximate surface area is 40.4 Å². The van der Waals surface area contributed by atoms with E-state index in [9.17, 15) is 0 Å². The first-order valence-corrected chi connectivity index (χ1v) is 2.51. The normalized spacial score (nSPS) is 8.00. The van der Waals surface area contributed by atoms with Crippen molar-refractivity contribution in [2.45, 2.75) is 0 Å². The molecule has 30 valence electrons. The van der Waals surface area contributed by atoms with Gasteiger partial charge in [0.25, 0.3) is 0 Å². The van der Waals surface area contributed by atoms with Crippen molar-refractivity contribution in [3.63, 3.8) is 0 Å². The first-order chi connectivity index (χ1) is 3.00. The van der Waals surface area contributed by atoms with Gasteiger partial charge in [-0.1, -0.05) is 0 Å². The Morgan fingerprint density at radius 3 is 2.50 bits per heavy atom. The van der Waals surface area contributed by atoms with Crippen molar-refractivity contribution in [2.24, 2.45) is 0 Å². The fourth-order valence-corrected chi connectivity index (χ4v) is 0.607. The third-order valence-corrected chi connectivity index (χ3v) is 0.981. The van der Waals surface area contributed by atoms with E-state index in [2.05, 4.69) is 4.37 Å². The summed E-state index contributed by atoms with van der Waals surface area (Å²) in [5.41, 5.74) is 0. The molecule has 0 aliphatic heterocycles. The predicted octanol–water partition coefficient (Wildman–Crippen LogP) is 1.42. The Morgan fingerprint density at radius 2 is 2.33 bits per heavy atom. The molecule has 0 unspecified atom stereocenters. The van der Waals surface area contributed by atoms with Crippen LogP contribution < -0.4 is 0 Å². The van der Waals surface area contributed by atoms with Crippen LogP contribution in [0.15, 0.2) is 23.7 Å². The van der Waals surface area contributed by atoms with Crippen LogP contribution in [0.5, 0.6) is 0 Å². The predicted molar refractivity (Wildman–Crippen MR) is 26.5 cm³/mol. The van der Waals surface area contributed by atoms with Gasteiger partial charge >= 0.3 is 11.5 Å². The summed E-state index contributed by atoms with van der Waals surface area (Å²) in [6.07, 6.45) is 1.77. The zero-order valence-corrected chi connectivity index (χ0v) is 3.98. The Bertz CT molecular complexity index is 79.5. The molecule has 0 fully saturated rings. The van der Waals surface area contributed by atoms with Crippen LogP contribution in [0.2, 0.25) is 0 Å². The van der Waals surface area contributed by atoms with Crippen LogP contribution in [0.4, 0.5) is 0 Å². The number of hydrogen-bond acceptors (Lipinski definition) is 1. The Morgan fingerprint density at radius 1 is 1.33 bits per heavy atom. The van der Waals surface area contributed by atoms with E-state index in [4.69, 9.17) is 0 Å². The summed E-state index contributed by atoms with van der Waals surface area (Å²) in [7, 11) is 0. The maximum absolute atomic E-state index is 3.83. The zero-order valence-electron chi connectivity index (χ0n) is 3.16. The van der Waals surface area contributed by atoms with Gasteiger partial charge in [0.05, 0.1) is 6.20 Å². The number of rotatable bonds is 0. The van der Waals surface area contributed by atoms with Crippen LogP contribution >= 0.6 is 11.5 Å². The van der Waals surface area contributed by atoms with Crippen LogP contribution in [0.3, 0.4) is 0 Å². The summed E-state index contributed by atoms with van der Waals surface area (Å²) >= 11 is 1.45. The second-order valence-corrected chi connectivity index (χ2v) is 1.57. The molecule has 1 aromatic heterocycles. The van der Waals surface area contributed by atoms with Crippen molar-refractivity contribution >= 4 is 11.5 Å². The summed E-state index contributed by atoms with van der Waals surface area (Å²) < 4.78 is 3.83. The minimum Gasteiger partial charge on any atom is -0.0337 e. The van der Waals surface area contributed by atoms with E-state index in [0.717, 1.165) is 0 Å². The van der Waals surface area contributed by atoms with Gasteiger partial charge in [-0.3, -0.25) is 0 Å². The van der Waals surface area contributed by atoms with Crippen molar-refractivity contribution in [1.29, 1.82) is 0 Å². The Hall–Kier alpha value is -0.500. The van der Waals surface area contributed by atoms with Gasteiger partial charge in [-0.15, -0.1) is 0 Å². The molecule has 0 amide bonds. The third-order valence-electron chi connectivity index (χ3n) is 0.458. The van der Waals surface area contributed by atoms with Gasteiger partial charge in [0, 0.05) is 10.4 Å². The quantitative estimate of drug-likeness (QED) is 0.447. The summed E-state index contributed by atoms with van der Waals surface area (Å²) in [6, 6.07) is 3.86. The Balaban J connectivity index is 3.00. The molecule has 1 aromatic rings. The van der Waals surface area contributed by atoms with Crippen LogP contribution in [0.1, 0.15) is 0 Å². The molecular weight excluding hydrogens is 94.1 g/mol. The summed E-state index contributed by atoms with van der Waals surface area (Å²) in [5.74, 6) is 0. The maximum Gasteiger partial charge on any atom is 0.353 e. The van der Waals surface area contributed by atoms with Crippen LogP contribution in [-0.4, -0.2) is 4.37 Å². The van der Waals surface area contributed by atoms with Gasteiger partial charge in [-0.25, -0.2) is 0 Å². The number of hydrogen-bond donors (Lipinski definition) is 0. The molecular formula is C4H4NS+. The lowest BCUT2D eigenvalue weighted by molar-refractivity contribution is 1.53. The van der Waals surface area contributed by atoms with Gasteiger partial charge in [0.15, 0.2) is 0 Å². The van der Waals surface area contributed by atoms with Gasteiger partial charge < -0.3 is 0 Å². The molecule has 0 spiro atoms. The average Bonchev–Trinajstić information content (AvgIpc) is 1.72. The van der Waals surface area contributed by atoms with E-state index in [-0.39, 0.29) is 0 Å². The SMILES string of the molecule is c1cc[s+]nc1. The second kappa shape index (κ2) is 1.82. The van der Waals surface area contributed by atoms with Crippen molar-refractivity contribution in [1.82, 2.24) is 4.37 Å². The molecule has 0 saturated carbocycles. The summed E-state index contributed by atoms with van der Waals surface area (Å²) in [4.78, 5) is 0. The molecule has 2 heteroatoms. The minimum atomic E-state index is 1.45. The van der Waals surface area contributed by atoms with Crippen molar-refractivity contribution in [3.05, 3.63) is 23.7 Å². The van der Waals surface area contributed by atoms with E-state index in [1.165, 1.54) is 11.5 Å². The molecule has 0 N–H and O–H groups in total. The highest BCUT2D eigenvalue weighted by molar-refractivity contribution is 7.03. The van der Waals surface area contributed by atoms with Crippen molar-refractivity contribution in [2.75, 3.05) is 0 Å². The van der Waals surface area contributed by atoms with Gasteiger partial charge in [0.1, 0.15) is 0 Å². The van der Waals surface area contributed by atoms with Gasteiger partial charge in [-0.2, -0.15) is 0 Å². The molecule has 0 saturated heterocycles. The highest BCUT2D eigenvalue weighted by Gasteiger charge is 1.76. The van der Waals surface area contributed by atoms with E-state index < -0.39 is 0 Å². The van der Waals surface area contributed by atoms with Crippen molar-refractivity contribution < 1.29 is 0 Å². The van der Waals surface area contributed by atoms with E-state index >= 15 is 0 Å². The fourth-order valence-electron chi connectivity index (χ4n) is 0.236. The summed E-state index contributed by atoms with van der Waals surface area (Å²) in [5, 5.41) is 1.93. The lowest BCUT2D eigenvalue weighted by Crippen LogP contribution is -1.52. The maximum atomic E-state index is 3.83. The smallest absolute Gasteiger partial charge is 0.0337 e. The molecule has 0 bridgehead atoms. The van der Waals surface area contributed by atoms with Crippen LogP contribution in [0.25, 0.3) is 0 Å². The monoisotopic (exact) mass is 98.0 g/mol. The van der Waals surface area contributed by atoms with Crippen molar-refractivity contribution in [3.8, 4) is 0 Å². The highest BCUT2D eigenvalue weighted by atomic mass is 32.1. The molecule has 0 atom stereocenters. The topological polar surface area (TPSA) is 12.9 Å². The average molecular weight is 98.1 g/mol. The highest BCUT2D eigenvalue weighted by Crippen LogP contribution is 1.83. The fraction of sp³-hybridized carbons (Fsp3) is 0. The molecule has 0 radical (unpaired) electrons. The zero-order chi connectivity index (χ0) is 4.24. The summed E-state index contributed by atoms with van der Waals surface area (Å²) in [6.45, 7) is 0. The largest absolute Gasteiger partial charge is 0.353 e. The Kier molecular flexibility index (Phi) is 1.12. The van der Waals surface area contributed by atoms with Crippen LogP contribution in [0, 0.1) is 0 Å². The van der Waals surface area contributed by atoms with E-state index in [1.54, 1.807) is 6.20 Å². The number of nitrogens with zero attached hydrogens (tertiary/aromatic N) is 1. The lowest BCUT2D eigenvalue weighted by atomic mass is 10.7. The van der Waals surface area contributed by atoms with E-state index in [0.29, 0.717) is 0 Å². The first-order valence-electron chi connectivity index (χ1n) is 1.68. The lowest BCUT2D eigenvalue weighted by Gasteiger charge is -1.54. The molecule has 1 nitrogen and oxygen atoms in total. The first kappa shape index (κ1) is 3.68. The second-order valence-electron chi connectivity index (χ2n) is 0.881. The van der Waals surface area contributed by atoms with E-state index in [1.807, 2.05) is 17.5 Å². The molecule has 1 heterocycles. The third kappa shape index (κ3) is 0.723. The molecule has 1 rings (SSSR count). The molecule has 6 heavy (non-hydrogen) atoms. The molecule has 0 aliphatic carbocycles. The standard InChI is InChI=1S/C4H4NS/c1-2-4-6-5-3-1/h1-4H/q+1. The van der Waals surface area contributed by atoms with Gasteiger partial charge in [0.2, 0.25) is 5.38 Å². The molecule has 0 aliphatic rings. The van der Waals surface area contributed by atoms with Crippen LogP contribution in [-0.2, 0) is 0 Å². The number of aromatic nitrogens is 1. The van der Waals surface area contributed by atoms with Gasteiger partial charge in [-0.05, 0) is 6.07 Å².